The van der Waals surface area contributed by atoms with E-state index in [0.29, 0.717) is 24.4 Å². The van der Waals surface area contributed by atoms with Crippen LogP contribution in [0, 0.1) is 18.6 Å². The zero-order valence-electron chi connectivity index (χ0n) is 10.9. The van der Waals surface area contributed by atoms with E-state index in [1.165, 1.54) is 18.5 Å². The third-order valence-electron chi connectivity index (χ3n) is 3.19. The molecule has 6 heteroatoms. The summed E-state index contributed by atoms with van der Waals surface area (Å²) in [5, 5.41) is 1.59. The van der Waals surface area contributed by atoms with Crippen LogP contribution in [-0.4, -0.2) is 16.6 Å². The number of halogens is 2. The van der Waals surface area contributed by atoms with Gasteiger partial charge in [0.05, 0.1) is 12.6 Å². The molecule has 0 aliphatic carbocycles. The topological polar surface area (TPSA) is 38.2 Å². The molecular formula is C14H13F2N3O. The van der Waals surface area contributed by atoms with Crippen LogP contribution in [0.25, 0.3) is 0 Å². The fourth-order valence-corrected chi connectivity index (χ4v) is 2.33. The smallest absolute Gasteiger partial charge is 0.156 e. The Labute approximate surface area is 115 Å². The Kier molecular flexibility index (Phi) is 3.31. The molecular weight excluding hydrogens is 264 g/mol. The third-order valence-corrected chi connectivity index (χ3v) is 3.19. The van der Waals surface area contributed by atoms with Gasteiger partial charge >= 0.3 is 0 Å². The zero-order chi connectivity index (χ0) is 14.1. The minimum Gasteiger partial charge on any atom is -0.271 e. The quantitative estimate of drug-likeness (QED) is 0.846. The lowest BCUT2D eigenvalue weighted by atomic mass is 10.0. The van der Waals surface area contributed by atoms with Crippen molar-refractivity contribution in [2.24, 2.45) is 0 Å². The molecule has 2 heterocycles. The number of rotatable bonds is 2. The van der Waals surface area contributed by atoms with E-state index in [2.05, 4.69) is 9.97 Å². The molecule has 0 unspecified atom stereocenters. The lowest BCUT2D eigenvalue weighted by molar-refractivity contribution is 0.156. The van der Waals surface area contributed by atoms with Gasteiger partial charge in [0.15, 0.2) is 5.82 Å². The highest BCUT2D eigenvalue weighted by atomic mass is 19.1. The summed E-state index contributed by atoms with van der Waals surface area (Å²) in [5.41, 5.74) is 1.34. The largest absolute Gasteiger partial charge is 0.271 e. The Hall–Kier alpha value is -2.08. The molecule has 0 bridgehead atoms. The molecule has 0 saturated carbocycles. The molecule has 104 valence electrons. The highest BCUT2D eigenvalue weighted by molar-refractivity contribution is 5.41. The van der Waals surface area contributed by atoms with Gasteiger partial charge in [0.25, 0.3) is 0 Å². The van der Waals surface area contributed by atoms with Crippen LogP contribution in [0.2, 0.25) is 0 Å². The SMILES string of the molecule is Cc1cc(N2OCC[C@@H]2c2cc(F)cc(F)c2)ncn1. The van der Waals surface area contributed by atoms with Gasteiger partial charge in [0.1, 0.15) is 18.0 Å². The van der Waals surface area contributed by atoms with E-state index in [0.717, 1.165) is 11.8 Å². The minimum atomic E-state index is -0.592. The summed E-state index contributed by atoms with van der Waals surface area (Å²) in [5.74, 6) is -0.596. The average Bonchev–Trinajstić information content (AvgIpc) is 2.86. The van der Waals surface area contributed by atoms with Crippen LogP contribution < -0.4 is 5.06 Å². The van der Waals surface area contributed by atoms with Crippen LogP contribution in [-0.2, 0) is 4.84 Å². The van der Waals surface area contributed by atoms with Crippen molar-refractivity contribution in [2.75, 3.05) is 11.7 Å². The molecule has 2 aromatic rings. The van der Waals surface area contributed by atoms with Gasteiger partial charge in [0, 0.05) is 24.2 Å². The third kappa shape index (κ3) is 2.46. The maximum atomic E-state index is 13.4. The van der Waals surface area contributed by atoms with Gasteiger partial charge in [-0.25, -0.2) is 23.8 Å². The lowest BCUT2D eigenvalue weighted by Gasteiger charge is -2.23. The Morgan fingerprint density at radius 3 is 2.60 bits per heavy atom. The normalized spacial score (nSPS) is 18.6. The van der Waals surface area contributed by atoms with Crippen molar-refractivity contribution in [2.45, 2.75) is 19.4 Å². The summed E-state index contributed by atoms with van der Waals surface area (Å²) < 4.78 is 26.7. The fraction of sp³-hybridized carbons (Fsp3) is 0.286. The maximum absolute atomic E-state index is 13.4. The molecule has 0 N–H and O–H groups in total. The Bertz CT molecular complexity index is 615. The summed E-state index contributed by atoms with van der Waals surface area (Å²) in [7, 11) is 0. The Morgan fingerprint density at radius 1 is 1.15 bits per heavy atom. The van der Waals surface area contributed by atoms with Crippen LogP contribution in [0.1, 0.15) is 23.7 Å². The monoisotopic (exact) mass is 277 g/mol. The number of aromatic nitrogens is 2. The van der Waals surface area contributed by atoms with Gasteiger partial charge in [-0.3, -0.25) is 4.84 Å². The van der Waals surface area contributed by atoms with E-state index >= 15 is 0 Å². The van der Waals surface area contributed by atoms with Gasteiger partial charge in [-0.15, -0.1) is 0 Å². The summed E-state index contributed by atoms with van der Waals surface area (Å²) >= 11 is 0. The highest BCUT2D eigenvalue weighted by Crippen LogP contribution is 2.34. The van der Waals surface area contributed by atoms with E-state index in [9.17, 15) is 8.78 Å². The van der Waals surface area contributed by atoms with E-state index in [1.54, 1.807) is 11.1 Å². The fourth-order valence-electron chi connectivity index (χ4n) is 2.33. The standard InChI is InChI=1S/C14H13F2N3O/c1-9-4-14(18-8-17-9)19-13(2-3-20-19)10-5-11(15)7-12(16)6-10/h4-8,13H,2-3H2,1H3/t13-/m1/s1. The number of anilines is 1. The Morgan fingerprint density at radius 2 is 1.90 bits per heavy atom. The minimum absolute atomic E-state index is 0.255. The van der Waals surface area contributed by atoms with Gasteiger partial charge in [0.2, 0.25) is 0 Å². The van der Waals surface area contributed by atoms with Crippen molar-refractivity contribution in [3.8, 4) is 0 Å². The van der Waals surface area contributed by atoms with Crippen LogP contribution in [0.3, 0.4) is 0 Å². The van der Waals surface area contributed by atoms with Crippen molar-refractivity contribution >= 4 is 5.82 Å². The summed E-state index contributed by atoms with van der Waals surface area (Å²) in [4.78, 5) is 13.7. The van der Waals surface area contributed by atoms with Crippen LogP contribution >= 0.6 is 0 Å². The average molecular weight is 277 g/mol. The molecule has 3 rings (SSSR count). The number of benzene rings is 1. The molecule has 1 aromatic carbocycles. The van der Waals surface area contributed by atoms with Gasteiger partial charge in [-0.1, -0.05) is 0 Å². The van der Waals surface area contributed by atoms with Crippen molar-refractivity contribution in [3.63, 3.8) is 0 Å². The van der Waals surface area contributed by atoms with E-state index in [-0.39, 0.29) is 6.04 Å². The molecule has 1 atom stereocenters. The first-order valence-electron chi connectivity index (χ1n) is 6.30. The molecule has 1 aromatic heterocycles. The first kappa shape index (κ1) is 12.9. The zero-order valence-corrected chi connectivity index (χ0v) is 10.9. The van der Waals surface area contributed by atoms with Crippen LogP contribution in [0.5, 0.6) is 0 Å². The van der Waals surface area contributed by atoms with Gasteiger partial charge in [-0.05, 0) is 24.6 Å². The summed E-state index contributed by atoms with van der Waals surface area (Å²) in [6.45, 7) is 2.32. The van der Waals surface area contributed by atoms with Crippen molar-refractivity contribution in [1.82, 2.24) is 9.97 Å². The molecule has 20 heavy (non-hydrogen) atoms. The summed E-state index contributed by atoms with van der Waals surface area (Å²) in [6, 6.07) is 5.02. The van der Waals surface area contributed by atoms with E-state index in [1.807, 2.05) is 6.92 Å². The predicted octanol–water partition coefficient (Wildman–Crippen LogP) is 2.95. The molecule has 4 nitrogen and oxygen atoms in total. The second-order valence-corrected chi connectivity index (χ2v) is 4.68. The van der Waals surface area contributed by atoms with E-state index < -0.39 is 11.6 Å². The molecule has 0 radical (unpaired) electrons. The molecule has 1 saturated heterocycles. The number of hydrogen-bond donors (Lipinski definition) is 0. The number of aryl methyl sites for hydroxylation is 1. The van der Waals surface area contributed by atoms with Crippen molar-refractivity contribution in [1.29, 1.82) is 0 Å². The Balaban J connectivity index is 1.96. The molecule has 1 fully saturated rings. The maximum Gasteiger partial charge on any atom is 0.156 e. The number of hydroxylamine groups is 1. The van der Waals surface area contributed by atoms with Crippen LogP contribution in [0.4, 0.5) is 14.6 Å². The molecule has 0 amide bonds. The van der Waals surface area contributed by atoms with Crippen LogP contribution in [0.15, 0.2) is 30.6 Å². The first-order chi connectivity index (χ1) is 9.63. The van der Waals surface area contributed by atoms with Gasteiger partial charge in [-0.2, -0.15) is 0 Å². The van der Waals surface area contributed by atoms with Crippen molar-refractivity contribution < 1.29 is 13.6 Å². The molecule has 0 spiro atoms. The lowest BCUT2D eigenvalue weighted by Crippen LogP contribution is -2.22. The van der Waals surface area contributed by atoms with E-state index in [4.69, 9.17) is 4.84 Å². The number of nitrogens with zero attached hydrogens (tertiary/aromatic N) is 3. The first-order valence-corrected chi connectivity index (χ1v) is 6.30. The molecule has 1 aliphatic heterocycles. The number of hydrogen-bond acceptors (Lipinski definition) is 4. The second-order valence-electron chi connectivity index (χ2n) is 4.68. The second kappa shape index (κ2) is 5.13. The molecule has 1 aliphatic rings. The highest BCUT2D eigenvalue weighted by Gasteiger charge is 2.29. The predicted molar refractivity (Wildman–Crippen MR) is 68.9 cm³/mol. The van der Waals surface area contributed by atoms with Gasteiger partial charge < -0.3 is 0 Å². The summed E-state index contributed by atoms with van der Waals surface area (Å²) in [6.07, 6.45) is 2.08. The van der Waals surface area contributed by atoms with Crippen molar-refractivity contribution in [3.05, 3.63) is 53.5 Å².